The van der Waals surface area contributed by atoms with Crippen LogP contribution in [-0.2, 0) is 4.79 Å². The highest BCUT2D eigenvalue weighted by Gasteiger charge is 1.91. The van der Waals surface area contributed by atoms with Crippen molar-refractivity contribution in [3.63, 3.8) is 0 Å². The van der Waals surface area contributed by atoms with E-state index in [1.165, 1.54) is 6.08 Å². The molecular weight excluding hydrogens is 166 g/mol. The largest absolute Gasteiger partial charge is 0.389 e. The van der Waals surface area contributed by atoms with E-state index in [0.29, 0.717) is 12.0 Å². The summed E-state index contributed by atoms with van der Waals surface area (Å²) in [6, 6.07) is 0. The van der Waals surface area contributed by atoms with Crippen LogP contribution in [0, 0.1) is 0 Å². The van der Waals surface area contributed by atoms with Gasteiger partial charge in [0, 0.05) is 0 Å². The first-order chi connectivity index (χ1) is 5.07. The Morgan fingerprint density at radius 2 is 2.09 bits per heavy atom. The number of hydrogen-bond acceptors (Lipinski definition) is 3. The smallest absolute Gasteiger partial charge is 0.212 e. The first-order valence-electron chi connectivity index (χ1n) is 2.87. The average molecular weight is 176 g/mol. The molecule has 0 unspecified atom stereocenters. The minimum absolute atomic E-state index is 0.153. The Morgan fingerprint density at radius 3 is 2.45 bits per heavy atom. The molecule has 0 atom stereocenters. The molecule has 62 valence electrons. The number of carbonyl (C=O) groups is 1. The molecule has 0 aromatic heterocycles. The van der Waals surface area contributed by atoms with Crippen molar-refractivity contribution in [2.45, 2.75) is 6.92 Å². The average Bonchev–Trinajstić information content (AvgIpc) is 1.87. The molecule has 0 spiro atoms. The highest BCUT2D eigenvalue weighted by molar-refractivity contribution is 6.29. The molecule has 0 aliphatic rings. The molecule has 0 aromatic rings. The molecule has 11 heavy (non-hydrogen) atoms. The summed E-state index contributed by atoms with van der Waals surface area (Å²) in [5.41, 5.74) is 11.1. The second-order valence-electron chi connectivity index (χ2n) is 1.89. The summed E-state index contributed by atoms with van der Waals surface area (Å²) in [4.78, 5) is 9.85. The molecule has 0 fully saturated rings. The summed E-state index contributed by atoms with van der Waals surface area (Å²) in [5, 5.41) is 2.39. The molecule has 0 saturated heterocycles. The predicted octanol–water partition coefficient (Wildman–Crippen LogP) is -0.0385. The van der Waals surface area contributed by atoms with Gasteiger partial charge < -0.3 is 16.8 Å². The molecule has 0 rings (SSSR count). The van der Waals surface area contributed by atoms with E-state index >= 15 is 0 Å². The Kier molecular flexibility index (Phi) is 4.14. The van der Waals surface area contributed by atoms with Gasteiger partial charge >= 0.3 is 0 Å². The van der Waals surface area contributed by atoms with Crippen molar-refractivity contribution in [3.8, 4) is 0 Å². The SMILES string of the molecule is CC(/C=C(\N)NC=O)=C(/N)Cl. The van der Waals surface area contributed by atoms with Crippen LogP contribution in [0.4, 0.5) is 0 Å². The van der Waals surface area contributed by atoms with Gasteiger partial charge in [-0.1, -0.05) is 11.6 Å². The summed E-state index contributed by atoms with van der Waals surface area (Å²) >= 11 is 5.41. The molecular formula is C6H10ClN3O. The van der Waals surface area contributed by atoms with Gasteiger partial charge in [-0.05, 0) is 18.6 Å². The molecule has 0 saturated carbocycles. The van der Waals surface area contributed by atoms with Gasteiger partial charge in [0.15, 0.2) is 0 Å². The standard InChI is InChI=1S/C6H10ClN3O/c1-4(6(7)9)2-5(8)10-3-11/h2-3H,8-9H2,1H3,(H,10,11)/b5-2+,6-4-. The lowest BCUT2D eigenvalue weighted by atomic mass is 10.3. The predicted molar refractivity (Wildman–Crippen MR) is 44.2 cm³/mol. The fraction of sp³-hybridized carbons (Fsp3) is 0.167. The zero-order valence-electron chi connectivity index (χ0n) is 6.10. The van der Waals surface area contributed by atoms with Crippen molar-refractivity contribution in [1.29, 1.82) is 0 Å². The van der Waals surface area contributed by atoms with Crippen LogP contribution >= 0.6 is 11.6 Å². The van der Waals surface area contributed by atoms with E-state index in [0.717, 1.165) is 0 Å². The molecule has 0 aliphatic heterocycles. The van der Waals surface area contributed by atoms with Gasteiger partial charge in [-0.25, -0.2) is 0 Å². The quantitative estimate of drug-likeness (QED) is 0.320. The molecule has 1 amide bonds. The van der Waals surface area contributed by atoms with Crippen LogP contribution in [0.5, 0.6) is 0 Å². The van der Waals surface area contributed by atoms with Crippen molar-refractivity contribution in [1.82, 2.24) is 5.32 Å². The minimum Gasteiger partial charge on any atom is -0.389 e. The highest BCUT2D eigenvalue weighted by atomic mass is 35.5. The number of hydrogen-bond donors (Lipinski definition) is 3. The zero-order chi connectivity index (χ0) is 8.85. The Labute approximate surface area is 69.9 Å². The number of halogens is 1. The maximum atomic E-state index is 9.85. The van der Waals surface area contributed by atoms with E-state index in [2.05, 4.69) is 5.32 Å². The number of nitrogens with one attached hydrogen (secondary N) is 1. The summed E-state index contributed by atoms with van der Waals surface area (Å²) in [6.07, 6.45) is 1.94. The summed E-state index contributed by atoms with van der Waals surface area (Å²) < 4.78 is 0. The maximum absolute atomic E-state index is 9.85. The summed E-state index contributed by atoms with van der Waals surface area (Å²) in [5.74, 6) is 0.209. The van der Waals surface area contributed by atoms with Gasteiger partial charge in [-0.3, -0.25) is 4.79 Å². The van der Waals surface area contributed by atoms with Crippen LogP contribution in [0.1, 0.15) is 6.92 Å². The third-order valence-corrected chi connectivity index (χ3v) is 1.27. The molecule has 0 bridgehead atoms. The van der Waals surface area contributed by atoms with Crippen LogP contribution < -0.4 is 16.8 Å². The highest BCUT2D eigenvalue weighted by Crippen LogP contribution is 2.03. The van der Waals surface area contributed by atoms with Gasteiger partial charge in [0.2, 0.25) is 6.41 Å². The van der Waals surface area contributed by atoms with Crippen LogP contribution in [0.15, 0.2) is 22.6 Å². The first-order valence-corrected chi connectivity index (χ1v) is 3.25. The van der Waals surface area contributed by atoms with Crippen LogP contribution in [0.2, 0.25) is 0 Å². The number of carbonyl (C=O) groups excluding carboxylic acids is 1. The Morgan fingerprint density at radius 1 is 1.55 bits per heavy atom. The minimum atomic E-state index is 0.153. The van der Waals surface area contributed by atoms with Gasteiger partial charge in [0.1, 0.15) is 11.0 Å². The normalized spacial score (nSPS) is 13.8. The van der Waals surface area contributed by atoms with Crippen LogP contribution in [0.25, 0.3) is 0 Å². The number of nitrogens with two attached hydrogens (primary N) is 2. The van der Waals surface area contributed by atoms with E-state index in [4.69, 9.17) is 23.1 Å². The van der Waals surface area contributed by atoms with E-state index in [1.807, 2.05) is 0 Å². The lowest BCUT2D eigenvalue weighted by Gasteiger charge is -1.98. The second kappa shape index (κ2) is 4.62. The second-order valence-corrected chi connectivity index (χ2v) is 2.30. The van der Waals surface area contributed by atoms with E-state index in [-0.39, 0.29) is 11.0 Å². The zero-order valence-corrected chi connectivity index (χ0v) is 6.85. The van der Waals surface area contributed by atoms with Crippen LogP contribution in [0.3, 0.4) is 0 Å². The summed E-state index contributed by atoms with van der Waals surface area (Å²) in [6.45, 7) is 1.68. The maximum Gasteiger partial charge on any atom is 0.212 e. The third kappa shape index (κ3) is 4.27. The fourth-order valence-corrected chi connectivity index (χ4v) is 0.466. The summed E-state index contributed by atoms with van der Waals surface area (Å²) in [7, 11) is 0. The Balaban J connectivity index is 4.30. The van der Waals surface area contributed by atoms with Gasteiger partial charge in [-0.2, -0.15) is 0 Å². The molecule has 4 nitrogen and oxygen atoms in total. The van der Waals surface area contributed by atoms with Crippen LogP contribution in [-0.4, -0.2) is 6.41 Å². The third-order valence-electron chi connectivity index (χ3n) is 0.974. The molecule has 0 radical (unpaired) electrons. The Bertz CT molecular complexity index is 206. The lowest BCUT2D eigenvalue weighted by Crippen LogP contribution is -2.17. The monoisotopic (exact) mass is 175 g/mol. The van der Waals surface area contributed by atoms with E-state index in [9.17, 15) is 4.79 Å². The van der Waals surface area contributed by atoms with E-state index < -0.39 is 0 Å². The molecule has 0 aromatic carbocycles. The number of allylic oxidation sites excluding steroid dienone is 2. The van der Waals surface area contributed by atoms with Gasteiger partial charge in [0.05, 0.1) is 0 Å². The molecule has 5 heteroatoms. The lowest BCUT2D eigenvalue weighted by molar-refractivity contribution is -0.108. The Hall–Kier alpha value is -1.16. The molecule has 0 aliphatic carbocycles. The van der Waals surface area contributed by atoms with Crippen molar-refractivity contribution in [2.24, 2.45) is 11.5 Å². The number of rotatable bonds is 3. The topological polar surface area (TPSA) is 81.1 Å². The van der Waals surface area contributed by atoms with Crippen molar-refractivity contribution < 1.29 is 4.79 Å². The van der Waals surface area contributed by atoms with Gasteiger partial charge in [0.25, 0.3) is 0 Å². The first kappa shape index (κ1) is 9.84. The van der Waals surface area contributed by atoms with E-state index in [1.54, 1.807) is 6.92 Å². The van der Waals surface area contributed by atoms with Crippen molar-refractivity contribution >= 4 is 18.0 Å². The van der Waals surface area contributed by atoms with Crippen molar-refractivity contribution in [2.75, 3.05) is 0 Å². The molecule has 5 N–H and O–H groups in total. The fourth-order valence-electron chi connectivity index (χ4n) is 0.412. The van der Waals surface area contributed by atoms with Gasteiger partial charge in [-0.15, -0.1) is 0 Å². The van der Waals surface area contributed by atoms with Crippen molar-refractivity contribution in [3.05, 3.63) is 22.6 Å². The number of amides is 1. The molecule has 0 heterocycles.